The van der Waals surface area contributed by atoms with Gasteiger partial charge in [-0.05, 0) is 31.6 Å². The molecule has 23 heavy (non-hydrogen) atoms. The summed E-state index contributed by atoms with van der Waals surface area (Å²) in [6.45, 7) is 10.7. The molecule has 0 aliphatic carbocycles. The lowest BCUT2D eigenvalue weighted by Gasteiger charge is -2.26. The Kier molecular flexibility index (Phi) is 11.8. The molecule has 1 unspecified atom stereocenters. The van der Waals surface area contributed by atoms with Gasteiger partial charge < -0.3 is 9.47 Å². The Morgan fingerprint density at radius 3 is 1.83 bits per heavy atom. The molecule has 0 radical (unpaired) electrons. The third-order valence-corrected chi connectivity index (χ3v) is 4.01. The molecule has 4 nitrogen and oxygen atoms in total. The van der Waals surface area contributed by atoms with E-state index in [1.54, 1.807) is 0 Å². The molecule has 0 bridgehead atoms. The number of ether oxygens (including phenoxy) is 2. The van der Waals surface area contributed by atoms with Crippen LogP contribution in [0.3, 0.4) is 0 Å². The minimum Gasteiger partial charge on any atom is -0.466 e. The van der Waals surface area contributed by atoms with E-state index in [4.69, 9.17) is 9.47 Å². The Morgan fingerprint density at radius 1 is 0.870 bits per heavy atom. The Morgan fingerprint density at radius 2 is 1.35 bits per heavy atom. The molecule has 0 aromatic carbocycles. The van der Waals surface area contributed by atoms with Crippen LogP contribution in [0.1, 0.15) is 92.4 Å². The number of rotatable bonds is 12. The van der Waals surface area contributed by atoms with Crippen LogP contribution in [0.5, 0.6) is 0 Å². The Bertz CT molecular complexity index is 331. The van der Waals surface area contributed by atoms with Gasteiger partial charge in [-0.1, -0.05) is 53.4 Å². The molecule has 4 heteroatoms. The molecule has 0 aliphatic heterocycles. The second kappa shape index (κ2) is 12.4. The van der Waals surface area contributed by atoms with Crippen LogP contribution in [0.4, 0.5) is 0 Å². The highest BCUT2D eigenvalue weighted by atomic mass is 16.5. The molecule has 0 saturated heterocycles. The Hall–Kier alpha value is -1.06. The highest BCUT2D eigenvalue weighted by molar-refractivity contribution is 5.69. The number of esters is 2. The van der Waals surface area contributed by atoms with Crippen molar-refractivity contribution in [2.45, 2.75) is 98.5 Å². The summed E-state index contributed by atoms with van der Waals surface area (Å²) in [5, 5.41) is 0. The maximum Gasteiger partial charge on any atom is 0.306 e. The van der Waals surface area contributed by atoms with Crippen LogP contribution in [0.15, 0.2) is 0 Å². The fourth-order valence-corrected chi connectivity index (χ4v) is 1.97. The lowest BCUT2D eigenvalue weighted by Crippen LogP contribution is -2.28. The van der Waals surface area contributed by atoms with Gasteiger partial charge in [0.05, 0.1) is 6.61 Å². The normalized spacial score (nSPS) is 12.7. The van der Waals surface area contributed by atoms with Gasteiger partial charge in [0.25, 0.3) is 0 Å². The quantitative estimate of drug-likeness (QED) is 0.372. The van der Waals surface area contributed by atoms with Gasteiger partial charge in [0.2, 0.25) is 0 Å². The first-order valence-corrected chi connectivity index (χ1v) is 9.12. The third-order valence-electron chi connectivity index (χ3n) is 4.01. The molecule has 0 aromatic rings. The minimum atomic E-state index is -0.0916. The number of carbonyl (C=O) groups excluding carboxylic acids is 2. The third kappa shape index (κ3) is 13.1. The Balaban J connectivity index is 3.46. The van der Waals surface area contributed by atoms with Crippen LogP contribution in [0.2, 0.25) is 0 Å². The van der Waals surface area contributed by atoms with E-state index in [1.807, 2.05) is 13.8 Å². The first kappa shape index (κ1) is 21.9. The second-order valence-corrected chi connectivity index (χ2v) is 7.34. The summed E-state index contributed by atoms with van der Waals surface area (Å²) in [7, 11) is 0. The molecule has 0 saturated carbocycles. The molecule has 0 aliphatic rings. The van der Waals surface area contributed by atoms with E-state index in [-0.39, 0.29) is 23.5 Å². The van der Waals surface area contributed by atoms with Crippen molar-refractivity contribution in [1.82, 2.24) is 0 Å². The van der Waals surface area contributed by atoms with Gasteiger partial charge in [-0.15, -0.1) is 0 Å². The zero-order valence-corrected chi connectivity index (χ0v) is 15.8. The SMILES string of the molecule is CCCOC(=O)CCCCCCCCC(=O)OC(C)C(C)(C)C. The molecule has 0 amide bonds. The van der Waals surface area contributed by atoms with E-state index in [1.165, 1.54) is 0 Å². The van der Waals surface area contributed by atoms with Crippen molar-refractivity contribution < 1.29 is 19.1 Å². The average Bonchev–Trinajstić information content (AvgIpc) is 2.46. The van der Waals surface area contributed by atoms with E-state index in [0.29, 0.717) is 19.4 Å². The van der Waals surface area contributed by atoms with Crippen molar-refractivity contribution in [1.29, 1.82) is 0 Å². The van der Waals surface area contributed by atoms with Gasteiger partial charge in [-0.2, -0.15) is 0 Å². The van der Waals surface area contributed by atoms with Crippen LogP contribution in [-0.2, 0) is 19.1 Å². The minimum absolute atomic E-state index is 0.00601. The van der Waals surface area contributed by atoms with Gasteiger partial charge in [-0.3, -0.25) is 9.59 Å². The monoisotopic (exact) mass is 328 g/mol. The first-order chi connectivity index (χ1) is 10.8. The van der Waals surface area contributed by atoms with Gasteiger partial charge in [0.1, 0.15) is 6.10 Å². The predicted molar refractivity (Wildman–Crippen MR) is 93.2 cm³/mol. The van der Waals surface area contributed by atoms with E-state index < -0.39 is 0 Å². The van der Waals surface area contributed by atoms with Crippen molar-refractivity contribution in [2.75, 3.05) is 6.61 Å². The van der Waals surface area contributed by atoms with Crippen LogP contribution in [0.25, 0.3) is 0 Å². The molecule has 0 rings (SSSR count). The number of hydrogen-bond acceptors (Lipinski definition) is 4. The maximum absolute atomic E-state index is 11.7. The zero-order chi connectivity index (χ0) is 17.7. The van der Waals surface area contributed by atoms with Crippen LogP contribution in [0, 0.1) is 5.41 Å². The molecule has 0 N–H and O–H groups in total. The van der Waals surface area contributed by atoms with Crippen LogP contribution in [-0.4, -0.2) is 24.6 Å². The number of carbonyl (C=O) groups is 2. The van der Waals surface area contributed by atoms with Crippen molar-refractivity contribution in [3.8, 4) is 0 Å². The highest BCUT2D eigenvalue weighted by Gasteiger charge is 2.23. The molecule has 0 heterocycles. The first-order valence-electron chi connectivity index (χ1n) is 9.12. The zero-order valence-electron chi connectivity index (χ0n) is 15.8. The topological polar surface area (TPSA) is 52.6 Å². The van der Waals surface area contributed by atoms with Crippen molar-refractivity contribution in [2.24, 2.45) is 5.41 Å². The van der Waals surface area contributed by atoms with Gasteiger partial charge in [-0.25, -0.2) is 0 Å². The molecule has 0 aromatic heterocycles. The fraction of sp³-hybridized carbons (Fsp3) is 0.895. The van der Waals surface area contributed by atoms with Gasteiger partial charge in [0.15, 0.2) is 0 Å². The Labute approximate surface area is 142 Å². The highest BCUT2D eigenvalue weighted by Crippen LogP contribution is 2.22. The summed E-state index contributed by atoms with van der Waals surface area (Å²) in [6.07, 6.45) is 7.93. The number of hydrogen-bond donors (Lipinski definition) is 0. The standard InChI is InChI=1S/C19H36O4/c1-6-15-22-17(20)13-11-9-7-8-10-12-14-18(21)23-16(2)19(3,4)5/h16H,6-15H2,1-5H3. The van der Waals surface area contributed by atoms with Crippen molar-refractivity contribution in [3.63, 3.8) is 0 Å². The summed E-state index contributed by atoms with van der Waals surface area (Å²) in [4.78, 5) is 23.0. The molecule has 0 fully saturated rings. The largest absolute Gasteiger partial charge is 0.466 e. The van der Waals surface area contributed by atoms with Crippen molar-refractivity contribution >= 4 is 11.9 Å². The fourth-order valence-electron chi connectivity index (χ4n) is 1.97. The number of unbranched alkanes of at least 4 members (excludes halogenated alkanes) is 5. The van der Waals surface area contributed by atoms with Gasteiger partial charge in [0, 0.05) is 12.8 Å². The summed E-state index contributed by atoms with van der Waals surface area (Å²) in [5.74, 6) is -0.173. The molecular weight excluding hydrogens is 292 g/mol. The van der Waals surface area contributed by atoms with Gasteiger partial charge >= 0.3 is 11.9 Å². The lowest BCUT2D eigenvalue weighted by molar-refractivity contribution is -0.153. The molecule has 1 atom stereocenters. The molecular formula is C19H36O4. The van der Waals surface area contributed by atoms with E-state index in [0.717, 1.165) is 44.9 Å². The predicted octanol–water partition coefficient (Wildman–Crippen LogP) is 5.04. The van der Waals surface area contributed by atoms with Crippen LogP contribution < -0.4 is 0 Å². The maximum atomic E-state index is 11.7. The van der Waals surface area contributed by atoms with E-state index in [2.05, 4.69) is 20.8 Å². The van der Waals surface area contributed by atoms with E-state index in [9.17, 15) is 9.59 Å². The average molecular weight is 328 g/mol. The lowest BCUT2D eigenvalue weighted by atomic mass is 9.90. The second-order valence-electron chi connectivity index (χ2n) is 7.34. The summed E-state index contributed by atoms with van der Waals surface area (Å²) >= 11 is 0. The molecule has 0 spiro atoms. The van der Waals surface area contributed by atoms with Crippen molar-refractivity contribution in [3.05, 3.63) is 0 Å². The summed E-state index contributed by atoms with van der Waals surface area (Å²) in [6, 6.07) is 0. The van der Waals surface area contributed by atoms with E-state index >= 15 is 0 Å². The smallest absolute Gasteiger partial charge is 0.306 e. The summed E-state index contributed by atoms with van der Waals surface area (Å²) in [5.41, 5.74) is -0.00601. The summed E-state index contributed by atoms with van der Waals surface area (Å²) < 4.78 is 10.5. The van der Waals surface area contributed by atoms with Crippen LogP contribution >= 0.6 is 0 Å². The molecule has 136 valence electrons.